The van der Waals surface area contributed by atoms with Crippen molar-refractivity contribution in [2.24, 2.45) is 5.41 Å². The quantitative estimate of drug-likeness (QED) is 0.225. The lowest BCUT2D eigenvalue weighted by atomic mass is 9.83. The number of aromatic nitrogens is 3. The van der Waals surface area contributed by atoms with E-state index in [1.807, 2.05) is 13.0 Å². The summed E-state index contributed by atoms with van der Waals surface area (Å²) in [5.41, 5.74) is 1.67. The molecule has 0 saturated carbocycles. The number of carbonyl (C=O) groups excluding carboxylic acids is 1. The second-order valence-electron chi connectivity index (χ2n) is 12.1. The van der Waals surface area contributed by atoms with E-state index in [4.69, 9.17) is 31.0 Å². The molecule has 2 aliphatic heterocycles. The summed E-state index contributed by atoms with van der Waals surface area (Å²) in [6, 6.07) is 8.25. The molecule has 0 bridgehead atoms. The lowest BCUT2D eigenvalue weighted by Crippen LogP contribution is -2.57. The molecule has 0 radical (unpaired) electrons. The molecule has 3 aromatic heterocycles. The molecule has 5 heterocycles. The fraction of sp³-hybridized carbons (Fsp3) is 0.382. The summed E-state index contributed by atoms with van der Waals surface area (Å²) in [5.74, 6) is 0.364. The van der Waals surface area contributed by atoms with Crippen molar-refractivity contribution in [2.75, 3.05) is 75.7 Å². The molecule has 2 aliphatic rings. The van der Waals surface area contributed by atoms with Crippen LogP contribution in [0.25, 0.3) is 11.3 Å². The Kier molecular flexibility index (Phi) is 11.2. The maximum absolute atomic E-state index is 14.4. The molecular weight excluding hydrogens is 669 g/mol. The Morgan fingerprint density at radius 1 is 1.29 bits per heavy atom. The molecule has 2 fully saturated rings. The van der Waals surface area contributed by atoms with E-state index >= 15 is 0 Å². The summed E-state index contributed by atoms with van der Waals surface area (Å²) >= 11 is 6.98. The van der Waals surface area contributed by atoms with E-state index in [-0.39, 0.29) is 21.6 Å². The van der Waals surface area contributed by atoms with Crippen molar-refractivity contribution in [1.82, 2.24) is 25.2 Å². The molecule has 49 heavy (non-hydrogen) atoms. The minimum atomic E-state index is -0.721. The van der Waals surface area contributed by atoms with E-state index in [0.717, 1.165) is 48.0 Å². The molecule has 1 atom stereocenters. The highest BCUT2D eigenvalue weighted by Gasteiger charge is 2.41. The maximum atomic E-state index is 14.4. The Morgan fingerprint density at radius 3 is 2.73 bits per heavy atom. The van der Waals surface area contributed by atoms with E-state index < -0.39 is 17.1 Å². The Balaban J connectivity index is 1.44. The number of pyridine rings is 2. The average Bonchev–Trinajstić information content (AvgIpc) is 3.54. The second-order valence-corrected chi connectivity index (χ2v) is 13.6. The number of thiazole rings is 1. The Labute approximate surface area is 294 Å². The monoisotopic (exact) mass is 707 g/mol. The van der Waals surface area contributed by atoms with Crippen molar-refractivity contribution >= 4 is 51.3 Å². The predicted octanol–water partition coefficient (Wildman–Crippen LogP) is 5.71. The number of nitrogens with zero attached hydrogens (tertiary/aromatic N) is 7. The summed E-state index contributed by atoms with van der Waals surface area (Å²) in [7, 11) is 5.35. The Bertz CT molecular complexity index is 1820. The number of nitrogens with one attached hydrogen (secondary N) is 2. The minimum absolute atomic E-state index is 0.119. The van der Waals surface area contributed by atoms with Gasteiger partial charge >= 0.3 is 0 Å². The highest BCUT2D eigenvalue weighted by molar-refractivity contribution is 7.17. The average molecular weight is 708 g/mol. The van der Waals surface area contributed by atoms with Gasteiger partial charge in [-0.25, -0.2) is 19.3 Å². The lowest BCUT2D eigenvalue weighted by molar-refractivity contribution is 0.0969. The zero-order valence-electron chi connectivity index (χ0n) is 28.1. The van der Waals surface area contributed by atoms with Gasteiger partial charge in [-0.3, -0.25) is 4.79 Å². The highest BCUT2D eigenvalue weighted by atomic mass is 35.5. The van der Waals surface area contributed by atoms with Gasteiger partial charge in [0, 0.05) is 51.6 Å². The smallest absolute Gasteiger partial charge is 0.267 e. The van der Waals surface area contributed by atoms with Crippen molar-refractivity contribution in [3.05, 3.63) is 70.8 Å². The number of allylic oxidation sites excluding steroid dienone is 4. The van der Waals surface area contributed by atoms with Crippen LogP contribution >= 0.6 is 22.9 Å². The number of ether oxygens (including phenoxy) is 2. The number of hydrogen-bond acceptors (Lipinski definition) is 12. The molecule has 258 valence electrons. The van der Waals surface area contributed by atoms with Gasteiger partial charge in [-0.1, -0.05) is 35.6 Å². The van der Waals surface area contributed by atoms with Crippen molar-refractivity contribution < 1.29 is 18.7 Å². The van der Waals surface area contributed by atoms with Gasteiger partial charge < -0.3 is 34.8 Å². The van der Waals surface area contributed by atoms with Gasteiger partial charge in [-0.2, -0.15) is 5.26 Å². The van der Waals surface area contributed by atoms with Crippen molar-refractivity contribution in [2.45, 2.75) is 19.9 Å². The molecule has 2 N–H and O–H groups in total. The first kappa shape index (κ1) is 35.7. The van der Waals surface area contributed by atoms with E-state index in [1.165, 1.54) is 25.5 Å². The number of carbonyl (C=O) groups is 1. The Morgan fingerprint density at radius 2 is 2.06 bits per heavy atom. The summed E-state index contributed by atoms with van der Waals surface area (Å²) < 4.78 is 25.6. The van der Waals surface area contributed by atoms with Gasteiger partial charge in [0.25, 0.3) is 5.91 Å². The van der Waals surface area contributed by atoms with E-state index in [2.05, 4.69) is 56.1 Å². The van der Waals surface area contributed by atoms with Crippen LogP contribution in [-0.2, 0) is 4.74 Å². The molecule has 15 heteroatoms. The van der Waals surface area contributed by atoms with Crippen LogP contribution in [0.15, 0.2) is 65.9 Å². The fourth-order valence-electron chi connectivity index (χ4n) is 5.76. The molecule has 0 spiro atoms. The molecule has 1 unspecified atom stereocenters. The van der Waals surface area contributed by atoms with Gasteiger partial charge in [-0.15, -0.1) is 0 Å². The number of halogens is 2. The zero-order chi connectivity index (χ0) is 35.3. The van der Waals surface area contributed by atoms with Crippen LogP contribution in [0.3, 0.4) is 0 Å². The number of rotatable bonds is 12. The van der Waals surface area contributed by atoms with E-state index in [1.54, 1.807) is 26.3 Å². The molecule has 5 rings (SSSR count). The highest BCUT2D eigenvalue weighted by Crippen LogP contribution is 2.41. The van der Waals surface area contributed by atoms with Crippen LogP contribution in [-0.4, -0.2) is 92.4 Å². The molecule has 12 nitrogen and oxygen atoms in total. The van der Waals surface area contributed by atoms with Crippen LogP contribution < -0.4 is 25.2 Å². The maximum Gasteiger partial charge on any atom is 0.267 e. The summed E-state index contributed by atoms with van der Waals surface area (Å²) in [4.78, 5) is 34.0. The third-order valence-electron chi connectivity index (χ3n) is 8.24. The topological polar surface area (TPSA) is 132 Å². The van der Waals surface area contributed by atoms with Gasteiger partial charge in [-0.05, 0) is 45.2 Å². The van der Waals surface area contributed by atoms with Crippen LogP contribution in [0, 0.1) is 16.7 Å². The molecule has 3 aromatic rings. The zero-order valence-corrected chi connectivity index (χ0v) is 29.7. The minimum Gasteiger partial charge on any atom is -0.493 e. The van der Waals surface area contributed by atoms with Crippen LogP contribution in [0.4, 0.5) is 26.8 Å². The number of hydrogen-bond donors (Lipinski definition) is 2. The van der Waals surface area contributed by atoms with Crippen molar-refractivity contribution in [1.29, 1.82) is 5.26 Å². The third kappa shape index (κ3) is 8.02. The normalized spacial score (nSPS) is 18.0. The third-order valence-corrected chi connectivity index (χ3v) is 9.35. The predicted molar refractivity (Wildman–Crippen MR) is 191 cm³/mol. The molecule has 0 aliphatic carbocycles. The van der Waals surface area contributed by atoms with Gasteiger partial charge in [0.15, 0.2) is 22.5 Å². The first-order valence-corrected chi connectivity index (χ1v) is 16.8. The first-order chi connectivity index (χ1) is 23.5. The number of methoxy groups -OCH3 is 2. The summed E-state index contributed by atoms with van der Waals surface area (Å²) in [6.45, 7) is 11.4. The van der Waals surface area contributed by atoms with E-state index in [9.17, 15) is 14.4 Å². The van der Waals surface area contributed by atoms with Gasteiger partial charge in [0.05, 0.1) is 59.6 Å². The SMILES string of the molecule is C=C(Cl)/C(NC(=O)c1cnc(Nc2nc(-c3cnc(N4CCN(C)CC4COC)c(N4CC(C)(C#N)C4)c3)ccc2OC)s1)=C(F)\C=C/C. The van der Waals surface area contributed by atoms with Crippen LogP contribution in [0.5, 0.6) is 5.75 Å². The first-order valence-electron chi connectivity index (χ1n) is 15.6. The number of piperazine rings is 1. The summed E-state index contributed by atoms with van der Waals surface area (Å²) in [5, 5.41) is 15.6. The van der Waals surface area contributed by atoms with E-state index in [0.29, 0.717) is 42.1 Å². The number of nitriles is 1. The largest absolute Gasteiger partial charge is 0.493 e. The molecular formula is C34H39ClFN9O3S. The van der Waals surface area contributed by atoms with Gasteiger partial charge in [0.2, 0.25) is 0 Å². The lowest BCUT2D eigenvalue weighted by Gasteiger charge is -2.47. The second kappa shape index (κ2) is 15.3. The number of anilines is 4. The van der Waals surface area contributed by atoms with Gasteiger partial charge in [0.1, 0.15) is 10.7 Å². The number of amides is 1. The molecule has 2 saturated heterocycles. The fourth-order valence-corrected chi connectivity index (χ4v) is 6.61. The molecule has 1 amide bonds. The van der Waals surface area contributed by atoms with Crippen LogP contribution in [0.2, 0.25) is 0 Å². The standard InChI is InChI=1S/C34H39ClFN9O3S/c1-7-8-24(36)29(21(2)35)41-32(46)28-15-39-33(49-28)42-30-27(48-6)10-9-25(40-30)22-13-26(44-19-34(3,18-37)20-44)31(38-14-22)45-12-11-43(4)16-23(45)17-47-5/h7-10,13-15,23H,2,11-12,16-17,19-20H2,1,3-6H3,(H,41,46)(H,39,40,42)/b8-7-,29-24-. The Hall–Kier alpha value is -4.55. The number of likely N-dealkylation sites (N-methyl/N-ethyl adjacent to an activating group) is 1. The van der Waals surface area contributed by atoms with Crippen molar-refractivity contribution in [3.8, 4) is 23.1 Å². The molecule has 0 aromatic carbocycles. The van der Waals surface area contributed by atoms with Crippen molar-refractivity contribution in [3.63, 3.8) is 0 Å². The summed E-state index contributed by atoms with van der Waals surface area (Å²) in [6.07, 6.45) is 5.83. The van der Waals surface area contributed by atoms with Crippen LogP contribution in [0.1, 0.15) is 23.5 Å².